The Morgan fingerprint density at radius 3 is 2.30 bits per heavy atom. The Balaban J connectivity index is 2.35. The van der Waals surface area contributed by atoms with E-state index in [2.05, 4.69) is 4.72 Å². The van der Waals surface area contributed by atoms with Gasteiger partial charge in [-0.05, 0) is 37.5 Å². The second kappa shape index (κ2) is 5.34. The van der Waals surface area contributed by atoms with Gasteiger partial charge in [0.05, 0.1) is 15.8 Å². The number of benzene rings is 1. The van der Waals surface area contributed by atoms with E-state index in [9.17, 15) is 16.8 Å². The number of nitrogens with two attached hydrogens (primary N) is 1. The topological polar surface area (TPSA) is 106 Å². The summed E-state index contributed by atoms with van der Waals surface area (Å²) in [5, 5.41) is 4.70. The molecule has 1 fully saturated rings. The summed E-state index contributed by atoms with van der Waals surface area (Å²) in [4.78, 5) is -0.0656. The van der Waals surface area contributed by atoms with Gasteiger partial charge >= 0.3 is 0 Å². The Hall–Kier alpha value is -1.12. The van der Waals surface area contributed by atoms with Crippen molar-refractivity contribution in [3.05, 3.63) is 23.8 Å². The van der Waals surface area contributed by atoms with Gasteiger partial charge in [-0.1, -0.05) is 18.9 Å². The fraction of sp³-hybridized carbons (Fsp3) is 0.500. The minimum Gasteiger partial charge on any atom is -0.283 e. The standard InChI is InChI=1S/C12H18N2O4S2/c1-9-11(7-4-8-12(9)19(13,15)16)14-20(17,18)10-5-2-3-6-10/h4,7-8,10,14H,2-3,5-6H2,1H3,(H2,13,15,16). The van der Waals surface area contributed by atoms with Crippen LogP contribution in [-0.2, 0) is 20.0 Å². The summed E-state index contributed by atoms with van der Waals surface area (Å²) in [6.07, 6.45) is 3.09. The van der Waals surface area contributed by atoms with Gasteiger partial charge in [0, 0.05) is 0 Å². The second-order valence-corrected chi connectivity index (χ2v) is 8.52. The molecule has 0 atom stereocenters. The average molecular weight is 318 g/mol. The van der Waals surface area contributed by atoms with E-state index in [0.717, 1.165) is 12.8 Å². The van der Waals surface area contributed by atoms with Crippen molar-refractivity contribution >= 4 is 25.7 Å². The number of nitrogens with one attached hydrogen (secondary N) is 1. The Labute approximate surface area is 119 Å². The molecule has 0 aromatic heterocycles. The minimum atomic E-state index is -3.87. The van der Waals surface area contributed by atoms with E-state index in [4.69, 9.17) is 5.14 Å². The largest absolute Gasteiger partial charge is 0.283 e. The van der Waals surface area contributed by atoms with Crippen LogP contribution >= 0.6 is 0 Å². The number of primary sulfonamides is 1. The van der Waals surface area contributed by atoms with Crippen molar-refractivity contribution in [2.75, 3.05) is 4.72 Å². The third-order valence-electron chi connectivity index (χ3n) is 3.58. The first-order valence-electron chi connectivity index (χ1n) is 6.36. The van der Waals surface area contributed by atoms with Crippen molar-refractivity contribution in [3.8, 4) is 0 Å². The summed E-state index contributed by atoms with van der Waals surface area (Å²) in [5.41, 5.74) is 0.583. The predicted octanol–water partition coefficient (Wildman–Crippen LogP) is 1.33. The summed E-state index contributed by atoms with van der Waals surface area (Å²) < 4.78 is 49.8. The molecule has 8 heteroatoms. The van der Waals surface area contributed by atoms with Crippen LogP contribution in [0, 0.1) is 6.92 Å². The molecule has 112 valence electrons. The Kier molecular flexibility index (Phi) is 4.08. The van der Waals surface area contributed by atoms with E-state index >= 15 is 0 Å². The number of anilines is 1. The molecule has 0 heterocycles. The van der Waals surface area contributed by atoms with Gasteiger partial charge in [0.25, 0.3) is 0 Å². The molecule has 0 amide bonds. The monoisotopic (exact) mass is 318 g/mol. The van der Waals surface area contributed by atoms with Gasteiger partial charge in [0.1, 0.15) is 0 Å². The van der Waals surface area contributed by atoms with Crippen LogP contribution in [0.3, 0.4) is 0 Å². The van der Waals surface area contributed by atoms with Crippen LogP contribution in [0.25, 0.3) is 0 Å². The van der Waals surface area contributed by atoms with E-state index in [1.165, 1.54) is 25.1 Å². The van der Waals surface area contributed by atoms with E-state index in [0.29, 0.717) is 18.4 Å². The van der Waals surface area contributed by atoms with Crippen LogP contribution in [0.5, 0.6) is 0 Å². The highest BCUT2D eigenvalue weighted by molar-refractivity contribution is 7.93. The zero-order chi connectivity index (χ0) is 15.0. The van der Waals surface area contributed by atoms with Gasteiger partial charge in [-0.15, -0.1) is 0 Å². The lowest BCUT2D eigenvalue weighted by Gasteiger charge is -2.16. The Morgan fingerprint density at radius 2 is 1.75 bits per heavy atom. The first-order valence-corrected chi connectivity index (χ1v) is 9.45. The minimum absolute atomic E-state index is 0.0656. The lowest BCUT2D eigenvalue weighted by molar-refractivity contribution is 0.584. The van der Waals surface area contributed by atoms with Gasteiger partial charge in [-0.3, -0.25) is 4.72 Å². The number of rotatable bonds is 4. The number of hydrogen-bond acceptors (Lipinski definition) is 4. The lowest BCUT2D eigenvalue weighted by Crippen LogP contribution is -2.26. The maximum absolute atomic E-state index is 12.2. The molecule has 0 radical (unpaired) electrons. The summed E-state index contributed by atoms with van der Waals surface area (Å²) in [5.74, 6) is 0. The third kappa shape index (κ3) is 3.13. The highest BCUT2D eigenvalue weighted by Crippen LogP contribution is 2.28. The van der Waals surface area contributed by atoms with Crippen LogP contribution < -0.4 is 9.86 Å². The Morgan fingerprint density at radius 1 is 1.15 bits per heavy atom. The van der Waals surface area contributed by atoms with Gasteiger partial charge in [-0.2, -0.15) is 0 Å². The van der Waals surface area contributed by atoms with Crippen LogP contribution in [0.1, 0.15) is 31.2 Å². The van der Waals surface area contributed by atoms with Crippen molar-refractivity contribution < 1.29 is 16.8 Å². The highest BCUT2D eigenvalue weighted by atomic mass is 32.2. The molecule has 1 aromatic carbocycles. The maximum atomic E-state index is 12.2. The average Bonchev–Trinajstić information content (AvgIpc) is 2.84. The quantitative estimate of drug-likeness (QED) is 0.873. The molecule has 0 bridgehead atoms. The molecule has 0 spiro atoms. The molecular weight excluding hydrogens is 300 g/mol. The summed E-state index contributed by atoms with van der Waals surface area (Å²) in [6.45, 7) is 1.53. The van der Waals surface area contributed by atoms with Crippen molar-refractivity contribution in [1.82, 2.24) is 0 Å². The van der Waals surface area contributed by atoms with Crippen molar-refractivity contribution in [3.63, 3.8) is 0 Å². The molecule has 0 aliphatic heterocycles. The molecule has 1 aromatic rings. The summed E-state index contributed by atoms with van der Waals surface area (Å²) >= 11 is 0. The number of hydrogen-bond donors (Lipinski definition) is 2. The zero-order valence-electron chi connectivity index (χ0n) is 11.2. The molecule has 0 unspecified atom stereocenters. The smallest absolute Gasteiger partial charge is 0.238 e. The fourth-order valence-electron chi connectivity index (χ4n) is 2.47. The molecule has 1 aliphatic carbocycles. The molecule has 20 heavy (non-hydrogen) atoms. The second-order valence-electron chi connectivity index (χ2n) is 5.03. The maximum Gasteiger partial charge on any atom is 0.238 e. The van der Waals surface area contributed by atoms with Gasteiger partial charge in [0.15, 0.2) is 0 Å². The summed E-state index contributed by atoms with van der Waals surface area (Å²) in [6, 6.07) is 4.37. The molecule has 0 saturated heterocycles. The zero-order valence-corrected chi connectivity index (χ0v) is 12.8. The molecule has 6 nitrogen and oxygen atoms in total. The van der Waals surface area contributed by atoms with Crippen molar-refractivity contribution in [2.24, 2.45) is 5.14 Å². The predicted molar refractivity (Wildman–Crippen MR) is 77.4 cm³/mol. The third-order valence-corrected chi connectivity index (χ3v) is 6.49. The van der Waals surface area contributed by atoms with Gasteiger partial charge in [-0.25, -0.2) is 22.0 Å². The van der Waals surface area contributed by atoms with E-state index in [1.54, 1.807) is 0 Å². The molecule has 3 N–H and O–H groups in total. The van der Waals surface area contributed by atoms with Crippen LogP contribution in [0.15, 0.2) is 23.1 Å². The fourth-order valence-corrected chi connectivity index (χ4v) is 4.92. The highest BCUT2D eigenvalue weighted by Gasteiger charge is 2.29. The van der Waals surface area contributed by atoms with E-state index in [-0.39, 0.29) is 10.6 Å². The van der Waals surface area contributed by atoms with Crippen LogP contribution in [0.2, 0.25) is 0 Å². The summed E-state index contributed by atoms with van der Waals surface area (Å²) in [7, 11) is -7.35. The molecule has 2 rings (SSSR count). The SMILES string of the molecule is Cc1c(NS(=O)(=O)C2CCCC2)cccc1S(N)(=O)=O. The first kappa shape index (κ1) is 15.3. The van der Waals surface area contributed by atoms with Crippen LogP contribution in [0.4, 0.5) is 5.69 Å². The van der Waals surface area contributed by atoms with E-state index in [1.807, 2.05) is 0 Å². The lowest BCUT2D eigenvalue weighted by atomic mass is 10.2. The first-order chi connectivity index (χ1) is 9.22. The normalized spacial score (nSPS) is 17.3. The molecule has 1 aliphatic rings. The van der Waals surface area contributed by atoms with E-state index < -0.39 is 25.3 Å². The van der Waals surface area contributed by atoms with Gasteiger partial charge in [0.2, 0.25) is 20.0 Å². The molecule has 1 saturated carbocycles. The van der Waals surface area contributed by atoms with Crippen molar-refractivity contribution in [2.45, 2.75) is 42.8 Å². The van der Waals surface area contributed by atoms with Gasteiger partial charge < -0.3 is 0 Å². The molecular formula is C12H18N2O4S2. The Bertz CT molecular complexity index is 705. The number of sulfonamides is 2. The van der Waals surface area contributed by atoms with Crippen LogP contribution in [-0.4, -0.2) is 22.1 Å². The van der Waals surface area contributed by atoms with Crippen molar-refractivity contribution in [1.29, 1.82) is 0 Å².